The van der Waals surface area contributed by atoms with Gasteiger partial charge in [0, 0.05) is 18.8 Å². The van der Waals surface area contributed by atoms with Crippen LogP contribution >= 0.6 is 0 Å². The molecule has 0 spiro atoms. The van der Waals surface area contributed by atoms with Crippen molar-refractivity contribution >= 4 is 5.91 Å². The first kappa shape index (κ1) is 15.0. The second kappa shape index (κ2) is 7.40. The van der Waals surface area contributed by atoms with E-state index in [1.165, 1.54) is 5.56 Å². The summed E-state index contributed by atoms with van der Waals surface area (Å²) in [5.41, 5.74) is 7.03. The molecule has 2 rings (SSSR count). The number of ether oxygens (including phenoxy) is 1. The third-order valence-electron chi connectivity index (χ3n) is 2.89. The van der Waals surface area contributed by atoms with Crippen LogP contribution in [0.1, 0.15) is 23.0 Å². The number of amides is 1. The van der Waals surface area contributed by atoms with Crippen LogP contribution in [0, 0.1) is 0 Å². The Hall–Kier alpha value is -2.40. The second-order valence-electron chi connectivity index (χ2n) is 4.52. The van der Waals surface area contributed by atoms with Crippen molar-refractivity contribution < 1.29 is 9.53 Å². The summed E-state index contributed by atoms with van der Waals surface area (Å²) in [6.45, 7) is 3.05. The summed E-state index contributed by atoms with van der Waals surface area (Å²) in [6.07, 6.45) is 2.40. The van der Waals surface area contributed by atoms with Crippen LogP contribution in [-0.2, 0) is 6.42 Å². The first-order valence-corrected chi connectivity index (χ1v) is 6.94. The van der Waals surface area contributed by atoms with E-state index in [1.807, 2.05) is 31.2 Å². The molecule has 3 N–H and O–H groups in total. The fourth-order valence-corrected chi connectivity index (χ4v) is 1.88. The molecule has 1 heterocycles. The van der Waals surface area contributed by atoms with Crippen molar-refractivity contribution in [2.45, 2.75) is 13.3 Å². The Kier molecular flexibility index (Phi) is 5.29. The Bertz CT molecular complexity index is 597. The summed E-state index contributed by atoms with van der Waals surface area (Å²) in [6, 6.07) is 11.1. The van der Waals surface area contributed by atoms with Gasteiger partial charge in [0.1, 0.15) is 17.2 Å². The van der Waals surface area contributed by atoms with Crippen LogP contribution in [0.15, 0.2) is 42.6 Å². The van der Waals surface area contributed by atoms with Crippen LogP contribution in [0.25, 0.3) is 0 Å². The number of rotatable bonds is 6. The van der Waals surface area contributed by atoms with Gasteiger partial charge in [-0.2, -0.15) is 0 Å². The van der Waals surface area contributed by atoms with Crippen molar-refractivity contribution in [3.8, 4) is 11.5 Å². The van der Waals surface area contributed by atoms with Crippen LogP contribution in [0.5, 0.6) is 11.5 Å². The van der Waals surface area contributed by atoms with E-state index in [1.54, 1.807) is 18.3 Å². The topological polar surface area (TPSA) is 77.2 Å². The standard InChI is InChI=1S/C16H19N3O2/c1-2-18-16(20)15-11-14(8-10-19-15)21-13-5-3-12(4-6-13)7-9-17/h3-6,8,10-11H,2,7,9,17H2,1H3,(H,18,20). The third-order valence-corrected chi connectivity index (χ3v) is 2.89. The molecule has 0 saturated heterocycles. The lowest BCUT2D eigenvalue weighted by molar-refractivity contribution is 0.0950. The maximum atomic E-state index is 11.7. The molecule has 1 amide bonds. The first-order chi connectivity index (χ1) is 10.2. The first-order valence-electron chi connectivity index (χ1n) is 6.94. The average Bonchev–Trinajstić information content (AvgIpc) is 2.50. The molecule has 0 saturated carbocycles. The van der Waals surface area contributed by atoms with E-state index in [0.29, 0.717) is 30.3 Å². The lowest BCUT2D eigenvalue weighted by Gasteiger charge is -2.08. The zero-order valence-corrected chi connectivity index (χ0v) is 12.0. The number of nitrogens with one attached hydrogen (secondary N) is 1. The number of carbonyl (C=O) groups is 1. The Balaban J connectivity index is 2.08. The monoisotopic (exact) mass is 285 g/mol. The van der Waals surface area contributed by atoms with Crippen LogP contribution in [0.4, 0.5) is 0 Å². The zero-order valence-electron chi connectivity index (χ0n) is 12.0. The Morgan fingerprint density at radius 1 is 1.24 bits per heavy atom. The van der Waals surface area contributed by atoms with E-state index in [0.717, 1.165) is 6.42 Å². The minimum absolute atomic E-state index is 0.207. The zero-order chi connectivity index (χ0) is 15.1. The quantitative estimate of drug-likeness (QED) is 0.852. The molecule has 0 aliphatic rings. The molecule has 0 atom stereocenters. The van der Waals surface area contributed by atoms with Gasteiger partial charge in [0.05, 0.1) is 0 Å². The van der Waals surface area contributed by atoms with E-state index in [9.17, 15) is 4.79 Å². The summed E-state index contributed by atoms with van der Waals surface area (Å²) >= 11 is 0. The maximum absolute atomic E-state index is 11.7. The molecule has 2 aromatic rings. The predicted molar refractivity (Wildman–Crippen MR) is 81.5 cm³/mol. The van der Waals surface area contributed by atoms with Gasteiger partial charge in [-0.05, 0) is 43.7 Å². The van der Waals surface area contributed by atoms with Crippen LogP contribution < -0.4 is 15.8 Å². The molecule has 0 aliphatic carbocycles. The summed E-state index contributed by atoms with van der Waals surface area (Å²) in [5.74, 6) is 1.09. The molecule has 0 bridgehead atoms. The SMILES string of the molecule is CCNC(=O)c1cc(Oc2ccc(CCN)cc2)ccn1. The van der Waals surface area contributed by atoms with Crippen molar-refractivity contribution in [1.29, 1.82) is 0 Å². The second-order valence-corrected chi connectivity index (χ2v) is 4.52. The van der Waals surface area contributed by atoms with Gasteiger partial charge in [-0.25, -0.2) is 0 Å². The van der Waals surface area contributed by atoms with Gasteiger partial charge >= 0.3 is 0 Å². The molecular weight excluding hydrogens is 266 g/mol. The van der Waals surface area contributed by atoms with Gasteiger partial charge in [-0.1, -0.05) is 12.1 Å². The van der Waals surface area contributed by atoms with Crippen molar-refractivity contribution in [1.82, 2.24) is 10.3 Å². The molecule has 0 aliphatic heterocycles. The number of carbonyl (C=O) groups excluding carboxylic acids is 1. The highest BCUT2D eigenvalue weighted by molar-refractivity contribution is 5.92. The van der Waals surface area contributed by atoms with Crippen molar-refractivity contribution in [2.75, 3.05) is 13.1 Å². The van der Waals surface area contributed by atoms with Gasteiger partial charge in [0.25, 0.3) is 5.91 Å². The van der Waals surface area contributed by atoms with Crippen molar-refractivity contribution in [2.24, 2.45) is 5.73 Å². The Morgan fingerprint density at radius 3 is 2.67 bits per heavy atom. The molecule has 0 fully saturated rings. The Morgan fingerprint density at radius 2 is 2.00 bits per heavy atom. The largest absolute Gasteiger partial charge is 0.457 e. The predicted octanol–water partition coefficient (Wildman–Crippen LogP) is 2.12. The molecule has 0 unspecified atom stereocenters. The van der Waals surface area contributed by atoms with E-state index in [2.05, 4.69) is 10.3 Å². The molecule has 21 heavy (non-hydrogen) atoms. The minimum atomic E-state index is -0.207. The Labute approximate surface area is 124 Å². The number of benzene rings is 1. The summed E-state index contributed by atoms with van der Waals surface area (Å²) in [4.78, 5) is 15.8. The van der Waals surface area contributed by atoms with Gasteiger partial charge in [-0.15, -0.1) is 0 Å². The number of pyridine rings is 1. The van der Waals surface area contributed by atoms with Gasteiger partial charge in [-0.3, -0.25) is 9.78 Å². The van der Waals surface area contributed by atoms with E-state index < -0.39 is 0 Å². The number of hydrogen-bond acceptors (Lipinski definition) is 4. The highest BCUT2D eigenvalue weighted by atomic mass is 16.5. The maximum Gasteiger partial charge on any atom is 0.270 e. The molecule has 1 aromatic carbocycles. The summed E-state index contributed by atoms with van der Waals surface area (Å²) in [5, 5.41) is 2.71. The fraction of sp³-hybridized carbons (Fsp3) is 0.250. The van der Waals surface area contributed by atoms with Crippen molar-refractivity contribution in [3.05, 3.63) is 53.9 Å². The smallest absolute Gasteiger partial charge is 0.270 e. The molecule has 5 heteroatoms. The number of nitrogens with two attached hydrogens (primary N) is 1. The highest BCUT2D eigenvalue weighted by Gasteiger charge is 2.07. The van der Waals surface area contributed by atoms with E-state index in [-0.39, 0.29) is 5.91 Å². The van der Waals surface area contributed by atoms with E-state index in [4.69, 9.17) is 10.5 Å². The van der Waals surface area contributed by atoms with E-state index >= 15 is 0 Å². The molecule has 110 valence electrons. The van der Waals surface area contributed by atoms with Crippen LogP contribution in [0.2, 0.25) is 0 Å². The molecule has 5 nitrogen and oxygen atoms in total. The highest BCUT2D eigenvalue weighted by Crippen LogP contribution is 2.21. The average molecular weight is 285 g/mol. The lowest BCUT2D eigenvalue weighted by Crippen LogP contribution is -2.23. The van der Waals surface area contributed by atoms with Crippen LogP contribution in [0.3, 0.4) is 0 Å². The normalized spacial score (nSPS) is 10.2. The summed E-state index contributed by atoms with van der Waals surface area (Å²) < 4.78 is 5.73. The van der Waals surface area contributed by atoms with Gasteiger partial charge in [0.15, 0.2) is 0 Å². The third kappa shape index (κ3) is 4.29. The lowest BCUT2D eigenvalue weighted by atomic mass is 10.1. The number of hydrogen-bond donors (Lipinski definition) is 2. The fourth-order valence-electron chi connectivity index (χ4n) is 1.88. The molecular formula is C16H19N3O2. The number of aromatic nitrogens is 1. The van der Waals surface area contributed by atoms with Crippen LogP contribution in [-0.4, -0.2) is 24.0 Å². The molecule has 0 radical (unpaired) electrons. The number of nitrogens with zero attached hydrogens (tertiary/aromatic N) is 1. The minimum Gasteiger partial charge on any atom is -0.457 e. The molecule has 1 aromatic heterocycles. The van der Waals surface area contributed by atoms with Gasteiger partial charge in [0.2, 0.25) is 0 Å². The van der Waals surface area contributed by atoms with Gasteiger partial charge < -0.3 is 15.8 Å². The summed E-state index contributed by atoms with van der Waals surface area (Å²) in [7, 11) is 0. The van der Waals surface area contributed by atoms with Crippen molar-refractivity contribution in [3.63, 3.8) is 0 Å².